The summed E-state index contributed by atoms with van der Waals surface area (Å²) in [5.41, 5.74) is 3.86. The van der Waals surface area contributed by atoms with Crippen LogP contribution in [0.25, 0.3) is 0 Å². The number of hydrogen-bond acceptors (Lipinski definition) is 3. The Kier molecular flexibility index (Phi) is 5.09. The Balaban J connectivity index is 1.62. The molecule has 1 amide bonds. The van der Waals surface area contributed by atoms with Gasteiger partial charge >= 0.3 is 0 Å². The fourth-order valence-corrected chi connectivity index (χ4v) is 2.52. The van der Waals surface area contributed by atoms with Crippen molar-refractivity contribution in [2.45, 2.75) is 19.9 Å². The van der Waals surface area contributed by atoms with Gasteiger partial charge in [0.05, 0.1) is 11.9 Å². The van der Waals surface area contributed by atoms with Gasteiger partial charge in [-0.15, -0.1) is 0 Å². The number of benzene rings is 2. The van der Waals surface area contributed by atoms with Gasteiger partial charge in [0, 0.05) is 11.6 Å². The van der Waals surface area contributed by atoms with E-state index in [2.05, 4.69) is 34.7 Å². The molecule has 0 aliphatic heterocycles. The van der Waals surface area contributed by atoms with Crippen LogP contribution in [0.3, 0.4) is 0 Å². The van der Waals surface area contributed by atoms with E-state index >= 15 is 0 Å². The van der Waals surface area contributed by atoms with Gasteiger partial charge in [0.25, 0.3) is 5.91 Å². The van der Waals surface area contributed by atoms with Crippen molar-refractivity contribution in [3.63, 3.8) is 0 Å². The molecule has 0 aliphatic carbocycles. The van der Waals surface area contributed by atoms with Gasteiger partial charge < -0.3 is 10.6 Å². The van der Waals surface area contributed by atoms with Gasteiger partial charge in [0.2, 0.25) is 0 Å². The molecular weight excluding hydrogens is 310 g/mol. The van der Waals surface area contributed by atoms with Crippen molar-refractivity contribution < 1.29 is 4.79 Å². The van der Waals surface area contributed by atoms with Crippen LogP contribution < -0.4 is 10.6 Å². The number of pyridine rings is 1. The quantitative estimate of drug-likeness (QED) is 0.705. The number of rotatable bonds is 5. The zero-order valence-corrected chi connectivity index (χ0v) is 14.4. The first-order chi connectivity index (χ1) is 12.1. The summed E-state index contributed by atoms with van der Waals surface area (Å²) in [6.07, 6.45) is 1.73. The van der Waals surface area contributed by atoms with Gasteiger partial charge in [-0.3, -0.25) is 4.79 Å². The molecule has 4 heteroatoms. The largest absolute Gasteiger partial charge is 0.377 e. The highest BCUT2D eigenvalue weighted by Crippen LogP contribution is 2.19. The minimum atomic E-state index is -0.161. The third-order valence-electron chi connectivity index (χ3n) is 4.00. The fraction of sp³-hybridized carbons (Fsp3) is 0.143. The van der Waals surface area contributed by atoms with Crippen LogP contribution in [-0.4, -0.2) is 10.9 Å². The van der Waals surface area contributed by atoms with Crippen molar-refractivity contribution in [2.24, 2.45) is 0 Å². The molecule has 0 saturated carbocycles. The van der Waals surface area contributed by atoms with E-state index < -0.39 is 0 Å². The molecule has 2 N–H and O–H groups in total. The first-order valence-electron chi connectivity index (χ1n) is 8.27. The number of anilines is 2. The topological polar surface area (TPSA) is 54.0 Å². The molecular formula is C21H21N3O. The molecule has 1 atom stereocenters. The monoisotopic (exact) mass is 331 g/mol. The van der Waals surface area contributed by atoms with Gasteiger partial charge in [0.1, 0.15) is 5.82 Å². The predicted molar refractivity (Wildman–Crippen MR) is 102 cm³/mol. The number of nitrogens with one attached hydrogen (secondary N) is 2. The highest BCUT2D eigenvalue weighted by atomic mass is 16.1. The SMILES string of the molecule is Cc1ccc(C(=O)Nc2ccc(NC(C)c3ccccc3)cn2)cc1. The number of nitrogens with zero attached hydrogens (tertiary/aromatic N) is 1. The summed E-state index contributed by atoms with van der Waals surface area (Å²) >= 11 is 0. The van der Waals surface area contributed by atoms with Crippen LogP contribution in [0, 0.1) is 6.92 Å². The molecule has 2 aromatic carbocycles. The van der Waals surface area contributed by atoms with E-state index in [9.17, 15) is 4.79 Å². The molecule has 1 unspecified atom stereocenters. The standard InChI is InChI=1S/C21H21N3O/c1-15-8-10-18(11-9-15)21(25)24-20-13-12-19(14-22-20)23-16(2)17-6-4-3-5-7-17/h3-14,16,23H,1-2H3,(H,22,24,25). The average molecular weight is 331 g/mol. The van der Waals surface area contributed by atoms with E-state index in [1.165, 1.54) is 5.56 Å². The number of carbonyl (C=O) groups is 1. The molecule has 0 fully saturated rings. The van der Waals surface area contributed by atoms with E-state index in [0.717, 1.165) is 11.3 Å². The van der Waals surface area contributed by atoms with Crippen molar-refractivity contribution in [2.75, 3.05) is 10.6 Å². The highest BCUT2D eigenvalue weighted by Gasteiger charge is 2.08. The predicted octanol–water partition coefficient (Wildman–Crippen LogP) is 4.82. The highest BCUT2D eigenvalue weighted by molar-refractivity contribution is 6.03. The third-order valence-corrected chi connectivity index (χ3v) is 4.00. The van der Waals surface area contributed by atoms with Crippen molar-refractivity contribution in [3.8, 4) is 0 Å². The van der Waals surface area contributed by atoms with E-state index in [1.807, 2.05) is 55.5 Å². The van der Waals surface area contributed by atoms with Crippen LogP contribution in [0.4, 0.5) is 11.5 Å². The fourth-order valence-electron chi connectivity index (χ4n) is 2.52. The lowest BCUT2D eigenvalue weighted by molar-refractivity contribution is 0.102. The second-order valence-electron chi connectivity index (χ2n) is 6.03. The second kappa shape index (κ2) is 7.62. The van der Waals surface area contributed by atoms with Crippen LogP contribution in [0.2, 0.25) is 0 Å². The van der Waals surface area contributed by atoms with Gasteiger partial charge in [-0.05, 0) is 43.7 Å². The minimum Gasteiger partial charge on any atom is -0.377 e. The van der Waals surface area contributed by atoms with E-state index in [4.69, 9.17) is 0 Å². The number of carbonyl (C=O) groups excluding carboxylic acids is 1. The first kappa shape index (κ1) is 16.7. The molecule has 3 aromatic rings. The number of aryl methyl sites for hydroxylation is 1. The Bertz CT molecular complexity index is 827. The molecule has 1 aromatic heterocycles. The summed E-state index contributed by atoms with van der Waals surface area (Å²) in [6.45, 7) is 4.09. The zero-order chi connectivity index (χ0) is 17.6. The number of amides is 1. The Morgan fingerprint density at radius 2 is 1.68 bits per heavy atom. The molecule has 0 spiro atoms. The lowest BCUT2D eigenvalue weighted by Crippen LogP contribution is -2.13. The smallest absolute Gasteiger partial charge is 0.256 e. The Morgan fingerprint density at radius 1 is 0.960 bits per heavy atom. The van der Waals surface area contributed by atoms with Gasteiger partial charge in [0.15, 0.2) is 0 Å². The Morgan fingerprint density at radius 3 is 2.32 bits per heavy atom. The summed E-state index contributed by atoms with van der Waals surface area (Å²) in [7, 11) is 0. The van der Waals surface area contributed by atoms with E-state index in [-0.39, 0.29) is 11.9 Å². The van der Waals surface area contributed by atoms with Crippen LogP contribution in [0.15, 0.2) is 72.9 Å². The second-order valence-corrected chi connectivity index (χ2v) is 6.03. The molecule has 3 rings (SSSR count). The normalized spacial score (nSPS) is 11.6. The van der Waals surface area contributed by atoms with Crippen LogP contribution in [-0.2, 0) is 0 Å². The number of aromatic nitrogens is 1. The van der Waals surface area contributed by atoms with Gasteiger partial charge in [-0.2, -0.15) is 0 Å². The average Bonchev–Trinajstić information content (AvgIpc) is 2.64. The molecule has 0 radical (unpaired) electrons. The maximum Gasteiger partial charge on any atom is 0.256 e. The lowest BCUT2D eigenvalue weighted by Gasteiger charge is -2.15. The molecule has 1 heterocycles. The van der Waals surface area contributed by atoms with Crippen molar-refractivity contribution >= 4 is 17.4 Å². The Hall–Kier alpha value is -3.14. The lowest BCUT2D eigenvalue weighted by atomic mass is 10.1. The minimum absolute atomic E-state index is 0.161. The maximum absolute atomic E-state index is 12.2. The number of hydrogen-bond donors (Lipinski definition) is 2. The summed E-state index contributed by atoms with van der Waals surface area (Å²) < 4.78 is 0. The summed E-state index contributed by atoms with van der Waals surface area (Å²) in [4.78, 5) is 16.5. The zero-order valence-electron chi connectivity index (χ0n) is 14.4. The van der Waals surface area contributed by atoms with Crippen LogP contribution >= 0.6 is 0 Å². The van der Waals surface area contributed by atoms with E-state index in [0.29, 0.717) is 11.4 Å². The van der Waals surface area contributed by atoms with Gasteiger partial charge in [-0.1, -0.05) is 48.0 Å². The molecule has 126 valence electrons. The van der Waals surface area contributed by atoms with Crippen molar-refractivity contribution in [3.05, 3.63) is 89.6 Å². The summed E-state index contributed by atoms with van der Waals surface area (Å²) in [6, 6.07) is 21.6. The van der Waals surface area contributed by atoms with Crippen LogP contribution in [0.5, 0.6) is 0 Å². The molecule has 25 heavy (non-hydrogen) atoms. The summed E-state index contributed by atoms with van der Waals surface area (Å²) in [5.74, 6) is 0.370. The first-order valence-corrected chi connectivity index (χ1v) is 8.27. The van der Waals surface area contributed by atoms with Gasteiger partial charge in [-0.25, -0.2) is 4.98 Å². The molecule has 4 nitrogen and oxygen atoms in total. The maximum atomic E-state index is 12.2. The summed E-state index contributed by atoms with van der Waals surface area (Å²) in [5, 5.41) is 6.21. The van der Waals surface area contributed by atoms with Crippen molar-refractivity contribution in [1.29, 1.82) is 0 Å². The third kappa shape index (κ3) is 4.44. The van der Waals surface area contributed by atoms with Crippen molar-refractivity contribution in [1.82, 2.24) is 4.98 Å². The molecule has 0 aliphatic rings. The Labute approximate surface area is 147 Å². The molecule has 0 saturated heterocycles. The molecule has 0 bridgehead atoms. The van der Waals surface area contributed by atoms with Crippen LogP contribution in [0.1, 0.15) is 34.5 Å². The van der Waals surface area contributed by atoms with E-state index in [1.54, 1.807) is 12.3 Å².